The highest BCUT2D eigenvalue weighted by Crippen LogP contribution is 2.40. The van der Waals surface area contributed by atoms with Gasteiger partial charge in [0.05, 0.1) is 0 Å². The molecule has 0 atom stereocenters. The number of allylic oxidation sites excluding steroid dienone is 2. The second-order valence-electron chi connectivity index (χ2n) is 6.43. The van der Waals surface area contributed by atoms with E-state index < -0.39 is 5.41 Å². The molecule has 0 N–H and O–H groups in total. The summed E-state index contributed by atoms with van der Waals surface area (Å²) in [5.74, 6) is 0.0797. The summed E-state index contributed by atoms with van der Waals surface area (Å²) in [6, 6.07) is 30.1. The fourth-order valence-corrected chi connectivity index (χ4v) is 3.36. The molecule has 0 amide bonds. The van der Waals surface area contributed by atoms with Gasteiger partial charge in [-0.1, -0.05) is 96.6 Å². The minimum absolute atomic E-state index is 0.0797. The number of hydrogen-bond donors (Lipinski definition) is 0. The Morgan fingerprint density at radius 1 is 0.640 bits per heavy atom. The third kappa shape index (κ3) is 3.18. The van der Waals surface area contributed by atoms with E-state index in [-0.39, 0.29) is 5.78 Å². The van der Waals surface area contributed by atoms with Gasteiger partial charge in [-0.05, 0) is 36.6 Å². The van der Waals surface area contributed by atoms with E-state index in [2.05, 4.69) is 0 Å². The van der Waals surface area contributed by atoms with Crippen LogP contribution < -0.4 is 0 Å². The lowest BCUT2D eigenvalue weighted by Gasteiger charge is -2.33. The first-order valence-electron chi connectivity index (χ1n) is 8.51. The van der Waals surface area contributed by atoms with Crippen molar-refractivity contribution in [3.05, 3.63) is 119 Å². The average Bonchev–Trinajstić information content (AvgIpc) is 2.64. The van der Waals surface area contributed by atoms with Crippen LogP contribution in [0.2, 0.25) is 0 Å². The molecule has 0 aromatic heterocycles. The minimum Gasteiger partial charge on any atom is -0.293 e. The standard InChI is InChI=1S/C24H22O/c1-19(2)18-23(25)24(20-12-6-3-7-13-20,21-14-8-4-9-15-21)22-16-10-5-11-17-22/h3-18H,1-2H3. The van der Waals surface area contributed by atoms with Crippen molar-refractivity contribution >= 4 is 5.78 Å². The van der Waals surface area contributed by atoms with Crippen molar-refractivity contribution in [2.75, 3.05) is 0 Å². The Labute approximate surface area is 149 Å². The van der Waals surface area contributed by atoms with E-state index in [0.717, 1.165) is 22.3 Å². The molecule has 0 fully saturated rings. The first kappa shape index (κ1) is 16.9. The Hall–Kier alpha value is -2.93. The van der Waals surface area contributed by atoms with Gasteiger partial charge in [0.25, 0.3) is 0 Å². The Morgan fingerprint density at radius 3 is 1.24 bits per heavy atom. The van der Waals surface area contributed by atoms with Crippen molar-refractivity contribution in [2.45, 2.75) is 19.3 Å². The normalized spacial score (nSPS) is 11.0. The zero-order chi connectivity index (χ0) is 17.7. The summed E-state index contributed by atoms with van der Waals surface area (Å²) in [5.41, 5.74) is 3.10. The maximum atomic E-state index is 13.6. The van der Waals surface area contributed by atoms with Crippen LogP contribution in [0.25, 0.3) is 0 Å². The van der Waals surface area contributed by atoms with E-state index in [9.17, 15) is 4.79 Å². The Bertz CT molecular complexity index is 761. The predicted octanol–water partition coefficient (Wildman–Crippen LogP) is 5.56. The molecule has 0 aliphatic carbocycles. The van der Waals surface area contributed by atoms with E-state index in [1.807, 2.05) is 105 Å². The molecule has 124 valence electrons. The van der Waals surface area contributed by atoms with Crippen molar-refractivity contribution in [3.8, 4) is 0 Å². The molecular formula is C24H22O. The van der Waals surface area contributed by atoms with Crippen LogP contribution in [-0.2, 0) is 10.2 Å². The lowest BCUT2D eigenvalue weighted by atomic mass is 9.66. The molecule has 0 bridgehead atoms. The van der Waals surface area contributed by atoms with Gasteiger partial charge in [0.2, 0.25) is 0 Å². The van der Waals surface area contributed by atoms with Crippen LogP contribution in [-0.4, -0.2) is 5.78 Å². The quantitative estimate of drug-likeness (QED) is 0.443. The molecule has 0 saturated heterocycles. The molecule has 3 aromatic rings. The van der Waals surface area contributed by atoms with Crippen molar-refractivity contribution < 1.29 is 4.79 Å². The lowest BCUT2D eigenvalue weighted by molar-refractivity contribution is -0.117. The fraction of sp³-hybridized carbons (Fsp3) is 0.125. The molecule has 0 saturated carbocycles. The number of carbonyl (C=O) groups excluding carboxylic acids is 1. The van der Waals surface area contributed by atoms with Gasteiger partial charge in [0.15, 0.2) is 5.78 Å². The van der Waals surface area contributed by atoms with Crippen LogP contribution in [0.4, 0.5) is 0 Å². The minimum atomic E-state index is -0.846. The summed E-state index contributed by atoms with van der Waals surface area (Å²) in [4.78, 5) is 13.6. The van der Waals surface area contributed by atoms with Crippen LogP contribution in [0, 0.1) is 0 Å². The molecular weight excluding hydrogens is 304 g/mol. The molecule has 0 aliphatic rings. The van der Waals surface area contributed by atoms with Gasteiger partial charge in [-0.2, -0.15) is 0 Å². The summed E-state index contributed by atoms with van der Waals surface area (Å²) in [7, 11) is 0. The second-order valence-corrected chi connectivity index (χ2v) is 6.43. The Balaban J connectivity index is 2.40. The highest BCUT2D eigenvalue weighted by molar-refractivity contribution is 6.05. The van der Waals surface area contributed by atoms with Crippen LogP contribution in [0.3, 0.4) is 0 Å². The van der Waals surface area contributed by atoms with Crippen molar-refractivity contribution in [1.82, 2.24) is 0 Å². The molecule has 0 radical (unpaired) electrons. The van der Waals surface area contributed by atoms with Crippen LogP contribution in [0.1, 0.15) is 30.5 Å². The zero-order valence-electron chi connectivity index (χ0n) is 14.6. The Morgan fingerprint density at radius 2 is 0.960 bits per heavy atom. The van der Waals surface area contributed by atoms with Crippen LogP contribution in [0.15, 0.2) is 103 Å². The SMILES string of the molecule is CC(C)=CC(=O)C(c1ccccc1)(c1ccccc1)c1ccccc1. The average molecular weight is 326 g/mol. The van der Waals surface area contributed by atoms with E-state index in [1.54, 1.807) is 6.08 Å². The number of rotatable bonds is 5. The molecule has 0 heterocycles. The maximum Gasteiger partial charge on any atom is 0.174 e. The van der Waals surface area contributed by atoms with Crippen LogP contribution >= 0.6 is 0 Å². The van der Waals surface area contributed by atoms with Gasteiger partial charge in [-0.3, -0.25) is 4.79 Å². The number of hydrogen-bond acceptors (Lipinski definition) is 1. The molecule has 0 unspecified atom stereocenters. The zero-order valence-corrected chi connectivity index (χ0v) is 14.6. The topological polar surface area (TPSA) is 17.1 Å². The van der Waals surface area contributed by atoms with E-state index in [4.69, 9.17) is 0 Å². The largest absolute Gasteiger partial charge is 0.293 e. The highest BCUT2D eigenvalue weighted by atomic mass is 16.1. The first-order valence-corrected chi connectivity index (χ1v) is 8.51. The maximum absolute atomic E-state index is 13.6. The molecule has 1 nitrogen and oxygen atoms in total. The number of ketones is 1. The Kier molecular flexibility index (Phi) is 4.95. The summed E-state index contributed by atoms with van der Waals surface area (Å²) >= 11 is 0. The first-order chi connectivity index (χ1) is 12.2. The second kappa shape index (κ2) is 7.31. The van der Waals surface area contributed by atoms with Gasteiger partial charge in [0.1, 0.15) is 5.41 Å². The summed E-state index contributed by atoms with van der Waals surface area (Å²) in [6.07, 6.45) is 1.76. The number of carbonyl (C=O) groups is 1. The van der Waals surface area contributed by atoms with E-state index >= 15 is 0 Å². The predicted molar refractivity (Wildman–Crippen MR) is 104 cm³/mol. The lowest BCUT2D eigenvalue weighted by Crippen LogP contribution is -2.37. The van der Waals surface area contributed by atoms with Gasteiger partial charge in [-0.25, -0.2) is 0 Å². The fourth-order valence-electron chi connectivity index (χ4n) is 3.36. The van der Waals surface area contributed by atoms with E-state index in [1.165, 1.54) is 0 Å². The van der Waals surface area contributed by atoms with Gasteiger partial charge < -0.3 is 0 Å². The molecule has 3 aromatic carbocycles. The number of benzene rings is 3. The van der Waals surface area contributed by atoms with E-state index in [0.29, 0.717) is 0 Å². The third-order valence-corrected chi connectivity index (χ3v) is 4.41. The molecule has 3 rings (SSSR count). The van der Waals surface area contributed by atoms with Crippen molar-refractivity contribution in [3.63, 3.8) is 0 Å². The molecule has 0 aliphatic heterocycles. The molecule has 25 heavy (non-hydrogen) atoms. The molecule has 0 spiro atoms. The summed E-state index contributed by atoms with van der Waals surface area (Å²) in [5, 5.41) is 0. The van der Waals surface area contributed by atoms with Gasteiger partial charge in [-0.15, -0.1) is 0 Å². The molecule has 1 heteroatoms. The highest BCUT2D eigenvalue weighted by Gasteiger charge is 2.42. The van der Waals surface area contributed by atoms with Gasteiger partial charge >= 0.3 is 0 Å². The van der Waals surface area contributed by atoms with Crippen LogP contribution in [0.5, 0.6) is 0 Å². The van der Waals surface area contributed by atoms with Crippen molar-refractivity contribution in [1.29, 1.82) is 0 Å². The summed E-state index contributed by atoms with van der Waals surface area (Å²) in [6.45, 7) is 3.92. The smallest absolute Gasteiger partial charge is 0.174 e. The third-order valence-electron chi connectivity index (χ3n) is 4.41. The summed E-state index contributed by atoms with van der Waals surface area (Å²) < 4.78 is 0. The monoisotopic (exact) mass is 326 g/mol. The van der Waals surface area contributed by atoms with Crippen molar-refractivity contribution in [2.24, 2.45) is 0 Å². The van der Waals surface area contributed by atoms with Gasteiger partial charge in [0, 0.05) is 0 Å².